The number of ether oxygens (including phenoxy) is 6. The van der Waals surface area contributed by atoms with E-state index < -0.39 is 23.9 Å². The van der Waals surface area contributed by atoms with E-state index in [1.54, 1.807) is 0 Å². The highest BCUT2D eigenvalue weighted by molar-refractivity contribution is 5.87. The number of aliphatic hydroxyl groups is 3. The molecule has 0 aromatic carbocycles. The van der Waals surface area contributed by atoms with Crippen molar-refractivity contribution in [2.75, 3.05) is 73.0 Å². The zero-order valence-corrected chi connectivity index (χ0v) is 25.7. The fraction of sp³-hybridized carbons (Fsp3) is 0.690. The summed E-state index contributed by atoms with van der Waals surface area (Å²) in [7, 11) is 0. The van der Waals surface area contributed by atoms with Crippen LogP contribution in [0.1, 0.15) is 32.6 Å². The highest BCUT2D eigenvalue weighted by Crippen LogP contribution is 2.19. The van der Waals surface area contributed by atoms with Crippen molar-refractivity contribution in [1.29, 1.82) is 0 Å². The molecule has 0 spiro atoms. The van der Waals surface area contributed by atoms with Crippen LogP contribution in [0, 0.1) is 0 Å². The lowest BCUT2D eigenvalue weighted by Gasteiger charge is -2.33. The summed E-state index contributed by atoms with van der Waals surface area (Å²) < 4.78 is 33.4. The average Bonchev–Trinajstić information content (AvgIpc) is 3.02. The quantitative estimate of drug-likeness (QED) is 0.0329. The van der Waals surface area contributed by atoms with Crippen molar-refractivity contribution in [3.05, 3.63) is 38.0 Å². The Balaban J connectivity index is 4.72. The van der Waals surface area contributed by atoms with Gasteiger partial charge < -0.3 is 59.7 Å². The van der Waals surface area contributed by atoms with Gasteiger partial charge in [-0.3, -0.25) is 14.4 Å². The second kappa shape index (κ2) is 26.7. The van der Waals surface area contributed by atoms with Gasteiger partial charge >= 0.3 is 0 Å². The van der Waals surface area contributed by atoms with Crippen molar-refractivity contribution in [3.8, 4) is 0 Å². The van der Waals surface area contributed by atoms with Gasteiger partial charge in [0, 0.05) is 13.2 Å². The molecule has 15 heteroatoms. The summed E-state index contributed by atoms with van der Waals surface area (Å²) in [5, 5.41) is 37.8. The molecule has 3 atom stereocenters. The van der Waals surface area contributed by atoms with E-state index in [9.17, 15) is 29.7 Å². The van der Waals surface area contributed by atoms with Gasteiger partial charge in [-0.2, -0.15) is 0 Å². The van der Waals surface area contributed by atoms with E-state index in [1.807, 2.05) is 6.92 Å². The maximum atomic E-state index is 11.2. The standard InChI is InChI=1S/C29H51N3O12/c1-5-26(36)30-20-41-15-23(33)9-12-39-18-29(8-4,44-14-11-25(35)17-43-22-32-28(38)7-3)19-40-13-10-24(34)16-42-21-31-27(37)6-2/h5-7,23-25,33-35H,1-3,8-22H2,4H3,(H,30,36)(H,31,37)(H,32,38). The van der Waals surface area contributed by atoms with Crippen molar-refractivity contribution in [2.24, 2.45) is 0 Å². The van der Waals surface area contributed by atoms with Crippen molar-refractivity contribution >= 4 is 17.7 Å². The summed E-state index contributed by atoms with van der Waals surface area (Å²) in [4.78, 5) is 33.4. The Bertz CT molecular complexity index is 787. The molecule has 0 aliphatic carbocycles. The molecule has 44 heavy (non-hydrogen) atoms. The molecule has 0 rings (SSSR count). The molecule has 0 saturated heterocycles. The Hall–Kier alpha value is -2.73. The van der Waals surface area contributed by atoms with Crippen molar-refractivity contribution in [3.63, 3.8) is 0 Å². The smallest absolute Gasteiger partial charge is 0.245 e. The lowest BCUT2D eigenvalue weighted by molar-refractivity contribution is -0.147. The lowest BCUT2D eigenvalue weighted by Crippen LogP contribution is -2.43. The molecule has 0 radical (unpaired) electrons. The van der Waals surface area contributed by atoms with Crippen LogP contribution in [0.15, 0.2) is 38.0 Å². The Labute approximate surface area is 259 Å². The molecule has 0 bridgehead atoms. The summed E-state index contributed by atoms with van der Waals surface area (Å²) >= 11 is 0. The summed E-state index contributed by atoms with van der Waals surface area (Å²) in [6, 6.07) is 0. The van der Waals surface area contributed by atoms with Crippen LogP contribution < -0.4 is 16.0 Å². The minimum absolute atomic E-state index is 0.00319. The first kappa shape index (κ1) is 41.3. The Morgan fingerprint density at radius 2 is 0.977 bits per heavy atom. The first-order valence-corrected chi connectivity index (χ1v) is 14.4. The topological polar surface area (TPSA) is 203 Å². The molecule has 15 nitrogen and oxygen atoms in total. The molecule has 254 valence electrons. The zero-order chi connectivity index (χ0) is 33.1. The van der Waals surface area contributed by atoms with E-state index in [0.29, 0.717) is 6.42 Å². The molecule has 3 unspecified atom stereocenters. The van der Waals surface area contributed by atoms with Crippen LogP contribution in [-0.4, -0.2) is 130 Å². The predicted octanol–water partition coefficient (Wildman–Crippen LogP) is -0.733. The Morgan fingerprint density at radius 1 is 0.636 bits per heavy atom. The number of hydrogen-bond donors (Lipinski definition) is 6. The molecular weight excluding hydrogens is 582 g/mol. The van der Waals surface area contributed by atoms with E-state index in [2.05, 4.69) is 35.7 Å². The lowest BCUT2D eigenvalue weighted by atomic mass is 10.0. The van der Waals surface area contributed by atoms with E-state index in [0.717, 1.165) is 18.2 Å². The third kappa shape index (κ3) is 22.8. The molecule has 0 aliphatic heterocycles. The second-order valence-corrected chi connectivity index (χ2v) is 9.60. The third-order valence-electron chi connectivity index (χ3n) is 5.96. The van der Waals surface area contributed by atoms with Crippen LogP contribution >= 0.6 is 0 Å². The molecule has 0 aromatic heterocycles. The van der Waals surface area contributed by atoms with Gasteiger partial charge in [0.2, 0.25) is 17.7 Å². The number of aliphatic hydroxyl groups excluding tert-OH is 3. The first-order chi connectivity index (χ1) is 21.1. The largest absolute Gasteiger partial charge is 0.391 e. The predicted molar refractivity (Wildman–Crippen MR) is 160 cm³/mol. The molecule has 0 aliphatic rings. The van der Waals surface area contributed by atoms with Crippen LogP contribution in [0.5, 0.6) is 0 Å². The fourth-order valence-electron chi connectivity index (χ4n) is 3.22. The number of carbonyl (C=O) groups excluding carboxylic acids is 3. The zero-order valence-electron chi connectivity index (χ0n) is 25.7. The summed E-state index contributed by atoms with van der Waals surface area (Å²) in [5.74, 6) is -1.14. The summed E-state index contributed by atoms with van der Waals surface area (Å²) in [6.45, 7) is 12.5. The molecule has 0 aromatic rings. The molecule has 3 amide bonds. The monoisotopic (exact) mass is 633 g/mol. The normalized spacial score (nSPS) is 14.5. The highest BCUT2D eigenvalue weighted by Gasteiger charge is 2.31. The average molecular weight is 634 g/mol. The van der Waals surface area contributed by atoms with Gasteiger partial charge in [0.15, 0.2) is 0 Å². The Kier molecular flexibility index (Phi) is 25.0. The summed E-state index contributed by atoms with van der Waals surface area (Å²) in [6.07, 6.45) is 2.16. The summed E-state index contributed by atoms with van der Waals surface area (Å²) in [5.41, 5.74) is -0.884. The van der Waals surface area contributed by atoms with Gasteiger partial charge in [-0.1, -0.05) is 26.7 Å². The minimum Gasteiger partial charge on any atom is -0.391 e. The van der Waals surface area contributed by atoms with Crippen LogP contribution in [-0.2, 0) is 42.8 Å². The van der Waals surface area contributed by atoms with Crippen molar-refractivity contribution < 1.29 is 58.1 Å². The second-order valence-electron chi connectivity index (χ2n) is 9.60. The molecule has 0 fully saturated rings. The molecular formula is C29H51N3O12. The third-order valence-corrected chi connectivity index (χ3v) is 5.96. The molecule has 6 N–H and O–H groups in total. The number of carbonyl (C=O) groups is 3. The van der Waals surface area contributed by atoms with Crippen LogP contribution in [0.2, 0.25) is 0 Å². The van der Waals surface area contributed by atoms with Crippen molar-refractivity contribution in [2.45, 2.75) is 56.5 Å². The van der Waals surface area contributed by atoms with Crippen LogP contribution in [0.3, 0.4) is 0 Å². The number of amides is 3. The van der Waals surface area contributed by atoms with E-state index in [4.69, 9.17) is 28.4 Å². The first-order valence-electron chi connectivity index (χ1n) is 14.4. The van der Waals surface area contributed by atoms with Gasteiger partial charge in [-0.15, -0.1) is 0 Å². The van der Waals surface area contributed by atoms with Crippen molar-refractivity contribution in [1.82, 2.24) is 16.0 Å². The fourth-order valence-corrected chi connectivity index (χ4v) is 3.22. The van der Waals surface area contributed by atoms with Gasteiger partial charge in [0.1, 0.15) is 25.8 Å². The van der Waals surface area contributed by atoms with E-state index in [-0.39, 0.29) is 110 Å². The number of nitrogens with one attached hydrogen (secondary N) is 3. The highest BCUT2D eigenvalue weighted by atomic mass is 16.6. The maximum absolute atomic E-state index is 11.2. The van der Waals surface area contributed by atoms with Gasteiger partial charge in [0.05, 0.1) is 58.0 Å². The van der Waals surface area contributed by atoms with Crippen LogP contribution in [0.25, 0.3) is 0 Å². The number of rotatable bonds is 30. The number of hydrogen-bond acceptors (Lipinski definition) is 12. The van der Waals surface area contributed by atoms with Crippen LogP contribution in [0.4, 0.5) is 0 Å². The maximum Gasteiger partial charge on any atom is 0.245 e. The Morgan fingerprint density at radius 3 is 1.30 bits per heavy atom. The molecule has 0 saturated carbocycles. The van der Waals surface area contributed by atoms with Gasteiger partial charge in [-0.25, -0.2) is 0 Å². The minimum atomic E-state index is -0.884. The SMILES string of the molecule is C=CC(=O)NCOCC(O)CCOCC(CC)(COCCC(O)COCNC(=O)C=C)OCCC(O)COCNC(=O)C=C. The van der Waals surface area contributed by atoms with Gasteiger partial charge in [-0.05, 0) is 43.9 Å². The van der Waals surface area contributed by atoms with Gasteiger partial charge in [0.25, 0.3) is 0 Å². The molecule has 0 heterocycles. The van der Waals surface area contributed by atoms with E-state index >= 15 is 0 Å². The van der Waals surface area contributed by atoms with E-state index in [1.165, 1.54) is 0 Å².